The molecule has 98 valence electrons. The van der Waals surface area contributed by atoms with E-state index in [-0.39, 0.29) is 5.82 Å². The molecule has 3 heteroatoms. The minimum absolute atomic E-state index is 0.0700. The molecule has 0 radical (unpaired) electrons. The van der Waals surface area contributed by atoms with E-state index < -0.39 is 0 Å². The second kappa shape index (κ2) is 4.63. The molecular formula is C15H21FN2. The molecule has 1 spiro atoms. The van der Waals surface area contributed by atoms with Crippen molar-refractivity contribution in [1.29, 1.82) is 0 Å². The first-order valence-electron chi connectivity index (χ1n) is 6.94. The van der Waals surface area contributed by atoms with Crippen LogP contribution in [0.15, 0.2) is 24.3 Å². The molecule has 1 unspecified atom stereocenters. The van der Waals surface area contributed by atoms with E-state index in [2.05, 4.69) is 16.7 Å². The van der Waals surface area contributed by atoms with Gasteiger partial charge < -0.3 is 0 Å². The van der Waals surface area contributed by atoms with Gasteiger partial charge in [0.05, 0.1) is 0 Å². The summed E-state index contributed by atoms with van der Waals surface area (Å²) in [5.74, 6) is -0.0700. The Balaban J connectivity index is 1.65. The lowest BCUT2D eigenvalue weighted by Crippen LogP contribution is -2.60. The van der Waals surface area contributed by atoms with Gasteiger partial charge in [0, 0.05) is 37.3 Å². The number of likely N-dealkylation sites (tertiary alicyclic amines) is 2. The summed E-state index contributed by atoms with van der Waals surface area (Å²) in [5, 5.41) is 0. The minimum atomic E-state index is -0.0700. The van der Waals surface area contributed by atoms with Gasteiger partial charge in [-0.25, -0.2) is 4.39 Å². The molecule has 2 heterocycles. The largest absolute Gasteiger partial charge is 0.297 e. The second-order valence-corrected chi connectivity index (χ2v) is 5.61. The molecule has 18 heavy (non-hydrogen) atoms. The van der Waals surface area contributed by atoms with E-state index in [4.69, 9.17) is 0 Å². The first-order valence-corrected chi connectivity index (χ1v) is 6.94. The highest BCUT2D eigenvalue weighted by Crippen LogP contribution is 2.39. The van der Waals surface area contributed by atoms with Gasteiger partial charge in [0.15, 0.2) is 0 Å². The molecule has 2 saturated heterocycles. The van der Waals surface area contributed by atoms with E-state index >= 15 is 0 Å². The molecule has 2 aliphatic heterocycles. The summed E-state index contributed by atoms with van der Waals surface area (Å²) in [6, 6.07) is 7.14. The normalized spacial score (nSPS) is 28.8. The number of hydrogen-bond donors (Lipinski definition) is 0. The highest BCUT2D eigenvalue weighted by Gasteiger charge is 2.48. The summed E-state index contributed by atoms with van der Waals surface area (Å²) in [5.41, 5.74) is 1.25. The zero-order chi connectivity index (χ0) is 12.6. The van der Waals surface area contributed by atoms with Crippen molar-refractivity contribution in [3.8, 4) is 0 Å². The van der Waals surface area contributed by atoms with E-state index in [1.54, 1.807) is 12.1 Å². The molecule has 0 aromatic heterocycles. The average Bonchev–Trinajstić information content (AvgIpc) is 2.78. The molecule has 0 N–H and O–H groups in total. The maximum atomic E-state index is 13.6. The summed E-state index contributed by atoms with van der Waals surface area (Å²) in [6.07, 6.45) is 2.56. The monoisotopic (exact) mass is 248 g/mol. The van der Waals surface area contributed by atoms with Crippen LogP contribution in [0.25, 0.3) is 0 Å². The molecule has 0 aliphatic carbocycles. The van der Waals surface area contributed by atoms with Crippen molar-refractivity contribution < 1.29 is 4.39 Å². The van der Waals surface area contributed by atoms with Crippen molar-refractivity contribution >= 4 is 0 Å². The third-order valence-electron chi connectivity index (χ3n) is 4.66. The lowest BCUT2D eigenvalue weighted by molar-refractivity contribution is -0.00197. The maximum Gasteiger partial charge on any atom is 0.127 e. The molecule has 1 aromatic carbocycles. The second-order valence-electron chi connectivity index (χ2n) is 5.61. The van der Waals surface area contributed by atoms with Crippen LogP contribution in [0.3, 0.4) is 0 Å². The highest BCUT2D eigenvalue weighted by atomic mass is 19.1. The summed E-state index contributed by atoms with van der Waals surface area (Å²) >= 11 is 0. The lowest BCUT2D eigenvalue weighted by Gasteiger charge is -2.50. The van der Waals surface area contributed by atoms with Crippen LogP contribution < -0.4 is 0 Å². The van der Waals surface area contributed by atoms with Gasteiger partial charge in [0.2, 0.25) is 0 Å². The third kappa shape index (κ3) is 1.95. The van der Waals surface area contributed by atoms with Gasteiger partial charge in [-0.2, -0.15) is 0 Å². The fourth-order valence-corrected chi connectivity index (χ4v) is 3.48. The van der Waals surface area contributed by atoms with E-state index in [1.807, 2.05) is 12.1 Å². The summed E-state index contributed by atoms with van der Waals surface area (Å²) in [7, 11) is 0. The zero-order valence-electron chi connectivity index (χ0n) is 11.0. The lowest BCUT2D eigenvalue weighted by atomic mass is 9.84. The molecule has 2 fully saturated rings. The Morgan fingerprint density at radius 1 is 1.22 bits per heavy atom. The van der Waals surface area contributed by atoms with Crippen LogP contribution in [-0.2, 0) is 6.54 Å². The third-order valence-corrected chi connectivity index (χ3v) is 4.66. The molecule has 0 saturated carbocycles. The van der Waals surface area contributed by atoms with Gasteiger partial charge in [-0.3, -0.25) is 9.80 Å². The SMILES string of the molecule is CCN1CCC12CCN(Cc1ccccc1F)C2. The fourth-order valence-electron chi connectivity index (χ4n) is 3.48. The number of rotatable bonds is 3. The van der Waals surface area contributed by atoms with Crippen molar-refractivity contribution in [1.82, 2.24) is 9.80 Å². The molecule has 2 aliphatic rings. The minimum Gasteiger partial charge on any atom is -0.297 e. The van der Waals surface area contributed by atoms with Gasteiger partial charge in [-0.05, 0) is 25.5 Å². The van der Waals surface area contributed by atoms with Crippen LogP contribution in [0, 0.1) is 5.82 Å². The molecule has 1 aromatic rings. The highest BCUT2D eigenvalue weighted by molar-refractivity contribution is 5.18. The quantitative estimate of drug-likeness (QED) is 0.811. The average molecular weight is 248 g/mol. The molecule has 3 rings (SSSR count). The van der Waals surface area contributed by atoms with E-state index in [0.717, 1.165) is 31.7 Å². The Morgan fingerprint density at radius 3 is 2.67 bits per heavy atom. The van der Waals surface area contributed by atoms with Crippen molar-refractivity contribution in [2.24, 2.45) is 0 Å². The van der Waals surface area contributed by atoms with E-state index in [0.29, 0.717) is 5.54 Å². The van der Waals surface area contributed by atoms with Crippen molar-refractivity contribution in [3.05, 3.63) is 35.6 Å². The number of benzene rings is 1. The van der Waals surface area contributed by atoms with Crippen LogP contribution in [0.2, 0.25) is 0 Å². The zero-order valence-corrected chi connectivity index (χ0v) is 11.0. The van der Waals surface area contributed by atoms with Gasteiger partial charge >= 0.3 is 0 Å². The van der Waals surface area contributed by atoms with Crippen LogP contribution in [0.5, 0.6) is 0 Å². The molecule has 2 nitrogen and oxygen atoms in total. The molecule has 0 bridgehead atoms. The van der Waals surface area contributed by atoms with Crippen molar-refractivity contribution in [3.63, 3.8) is 0 Å². The predicted octanol–water partition coefficient (Wildman–Crippen LogP) is 2.50. The number of halogens is 1. The van der Waals surface area contributed by atoms with Gasteiger partial charge in [-0.1, -0.05) is 25.1 Å². The first kappa shape index (κ1) is 12.1. The van der Waals surface area contributed by atoms with Crippen LogP contribution in [0.4, 0.5) is 4.39 Å². The Kier molecular flexibility index (Phi) is 3.12. The Morgan fingerprint density at radius 2 is 2.00 bits per heavy atom. The number of nitrogens with zero attached hydrogens (tertiary/aromatic N) is 2. The van der Waals surface area contributed by atoms with Crippen LogP contribution in [0.1, 0.15) is 25.3 Å². The van der Waals surface area contributed by atoms with Crippen LogP contribution in [-0.4, -0.2) is 41.5 Å². The Labute approximate surface area is 108 Å². The topological polar surface area (TPSA) is 6.48 Å². The van der Waals surface area contributed by atoms with Gasteiger partial charge in [0.25, 0.3) is 0 Å². The number of likely N-dealkylation sites (N-methyl/N-ethyl adjacent to an activating group) is 1. The van der Waals surface area contributed by atoms with E-state index in [9.17, 15) is 4.39 Å². The molecule has 0 amide bonds. The summed E-state index contributed by atoms with van der Waals surface area (Å²) in [6.45, 7) is 7.59. The summed E-state index contributed by atoms with van der Waals surface area (Å²) in [4.78, 5) is 4.98. The molecular weight excluding hydrogens is 227 g/mol. The van der Waals surface area contributed by atoms with Gasteiger partial charge in [0.1, 0.15) is 5.82 Å². The maximum absolute atomic E-state index is 13.6. The fraction of sp³-hybridized carbons (Fsp3) is 0.600. The van der Waals surface area contributed by atoms with Gasteiger partial charge in [-0.15, -0.1) is 0 Å². The Bertz CT molecular complexity index is 432. The first-order chi connectivity index (χ1) is 8.73. The standard InChI is InChI=1S/C15H21FN2/c1-2-18-10-8-15(18)7-9-17(12-15)11-13-5-3-4-6-14(13)16/h3-6H,2,7-12H2,1H3. The number of hydrogen-bond acceptors (Lipinski definition) is 2. The predicted molar refractivity (Wildman–Crippen MR) is 70.9 cm³/mol. The summed E-state index contributed by atoms with van der Waals surface area (Å²) < 4.78 is 13.6. The van der Waals surface area contributed by atoms with Crippen molar-refractivity contribution in [2.75, 3.05) is 26.2 Å². The smallest absolute Gasteiger partial charge is 0.127 e. The van der Waals surface area contributed by atoms with Crippen LogP contribution >= 0.6 is 0 Å². The molecule has 1 atom stereocenters. The van der Waals surface area contributed by atoms with Crippen molar-refractivity contribution in [2.45, 2.75) is 31.8 Å². The van der Waals surface area contributed by atoms with E-state index in [1.165, 1.54) is 19.4 Å². The Hall–Kier alpha value is -0.930.